The van der Waals surface area contributed by atoms with Gasteiger partial charge in [0.15, 0.2) is 0 Å². The fourth-order valence-corrected chi connectivity index (χ4v) is 4.03. The van der Waals surface area contributed by atoms with Crippen LogP contribution in [0.25, 0.3) is 11.3 Å². The van der Waals surface area contributed by atoms with Crippen LogP contribution in [-0.4, -0.2) is 57.5 Å². The molecule has 152 valence electrons. The molecule has 1 amide bonds. The Kier molecular flexibility index (Phi) is 5.10. The van der Waals surface area contributed by atoms with Gasteiger partial charge >= 0.3 is 0 Å². The number of piperazine rings is 1. The quantitative estimate of drug-likeness (QED) is 0.708. The third-order valence-corrected chi connectivity index (χ3v) is 5.58. The summed E-state index contributed by atoms with van der Waals surface area (Å²) >= 11 is 0. The zero-order chi connectivity index (χ0) is 20.5. The number of H-pyrrole nitrogens is 1. The molecule has 2 N–H and O–H groups in total. The van der Waals surface area contributed by atoms with Gasteiger partial charge in [0.05, 0.1) is 24.5 Å². The number of amides is 1. The molecule has 0 saturated carbocycles. The number of rotatable bonds is 4. The van der Waals surface area contributed by atoms with Crippen LogP contribution < -0.4 is 10.1 Å². The molecular formula is C21H26N6O2. The van der Waals surface area contributed by atoms with Crippen molar-refractivity contribution in [2.75, 3.05) is 26.7 Å². The lowest BCUT2D eigenvalue weighted by Crippen LogP contribution is -2.48. The Hall–Kier alpha value is -3.13. The van der Waals surface area contributed by atoms with Gasteiger partial charge in [0.2, 0.25) is 0 Å². The minimum Gasteiger partial charge on any atom is -0.496 e. The lowest BCUT2D eigenvalue weighted by atomic mass is 10.0. The van der Waals surface area contributed by atoms with Crippen molar-refractivity contribution in [3.8, 4) is 17.0 Å². The van der Waals surface area contributed by atoms with Gasteiger partial charge in [-0.3, -0.25) is 14.6 Å². The van der Waals surface area contributed by atoms with E-state index in [0.717, 1.165) is 40.5 Å². The standard InChI is InChI=1S/C21H26N6O2/c1-13-20(14(2)26(3)25-13)16-11-17(24-23-16)21(28)27-10-9-22-12-18(27)15-7-5-6-8-19(15)29-4/h5-8,11,18,22H,9-10,12H2,1-4H3,(H,23,24). The van der Waals surface area contributed by atoms with Crippen molar-refractivity contribution < 1.29 is 9.53 Å². The van der Waals surface area contributed by atoms with E-state index < -0.39 is 0 Å². The summed E-state index contributed by atoms with van der Waals surface area (Å²) in [4.78, 5) is 15.3. The molecule has 1 aliphatic rings. The highest BCUT2D eigenvalue weighted by molar-refractivity contribution is 5.94. The Bertz CT molecular complexity index is 1040. The second kappa shape index (κ2) is 7.71. The summed E-state index contributed by atoms with van der Waals surface area (Å²) in [5.41, 5.74) is 5.08. The second-order valence-corrected chi connectivity index (χ2v) is 7.30. The number of nitrogens with zero attached hydrogens (tertiary/aromatic N) is 4. The first-order valence-corrected chi connectivity index (χ1v) is 9.71. The molecule has 2 aromatic heterocycles. The summed E-state index contributed by atoms with van der Waals surface area (Å²) in [7, 11) is 3.56. The van der Waals surface area contributed by atoms with E-state index in [4.69, 9.17) is 4.74 Å². The molecule has 0 bridgehead atoms. The van der Waals surface area contributed by atoms with E-state index in [1.54, 1.807) is 7.11 Å². The normalized spacial score (nSPS) is 16.8. The molecular weight excluding hydrogens is 368 g/mol. The molecule has 29 heavy (non-hydrogen) atoms. The van der Waals surface area contributed by atoms with Crippen LogP contribution in [-0.2, 0) is 7.05 Å². The lowest BCUT2D eigenvalue weighted by molar-refractivity contribution is 0.0625. The lowest BCUT2D eigenvalue weighted by Gasteiger charge is -2.36. The second-order valence-electron chi connectivity index (χ2n) is 7.30. The third kappa shape index (κ3) is 3.40. The Morgan fingerprint density at radius 2 is 2.07 bits per heavy atom. The highest BCUT2D eigenvalue weighted by atomic mass is 16.5. The van der Waals surface area contributed by atoms with E-state index in [-0.39, 0.29) is 11.9 Å². The number of aromatic amines is 1. The molecule has 0 radical (unpaired) electrons. The summed E-state index contributed by atoms with van der Waals surface area (Å²) in [5, 5.41) is 15.2. The predicted octanol–water partition coefficient (Wildman–Crippen LogP) is 2.22. The van der Waals surface area contributed by atoms with Crippen LogP contribution in [0.15, 0.2) is 30.3 Å². The van der Waals surface area contributed by atoms with Gasteiger partial charge in [0.25, 0.3) is 5.91 Å². The van der Waals surface area contributed by atoms with Crippen molar-refractivity contribution in [3.05, 3.63) is 53.0 Å². The number of carbonyl (C=O) groups excluding carboxylic acids is 1. The number of hydrogen-bond acceptors (Lipinski definition) is 5. The largest absolute Gasteiger partial charge is 0.496 e. The average Bonchev–Trinajstić information content (AvgIpc) is 3.31. The molecule has 3 heterocycles. The molecule has 0 spiro atoms. The maximum Gasteiger partial charge on any atom is 0.272 e. The number of carbonyl (C=O) groups is 1. The molecule has 1 saturated heterocycles. The average molecular weight is 394 g/mol. The summed E-state index contributed by atoms with van der Waals surface area (Å²) < 4.78 is 7.36. The van der Waals surface area contributed by atoms with E-state index in [1.807, 2.05) is 60.8 Å². The zero-order valence-corrected chi connectivity index (χ0v) is 17.2. The molecule has 1 atom stereocenters. The SMILES string of the molecule is COc1ccccc1C1CNCCN1C(=O)c1cc(-c2c(C)nn(C)c2C)n[nH]1. The van der Waals surface area contributed by atoms with Crippen molar-refractivity contribution in [1.29, 1.82) is 0 Å². The number of benzene rings is 1. The molecule has 8 heteroatoms. The first kappa shape index (κ1) is 19.2. The molecule has 1 fully saturated rings. The fourth-order valence-electron chi connectivity index (χ4n) is 4.03. The molecule has 0 aliphatic carbocycles. The van der Waals surface area contributed by atoms with Crippen molar-refractivity contribution in [2.24, 2.45) is 7.05 Å². The first-order chi connectivity index (χ1) is 14.0. The van der Waals surface area contributed by atoms with Gasteiger partial charge in [-0.15, -0.1) is 0 Å². The van der Waals surface area contributed by atoms with Gasteiger partial charge in [-0.05, 0) is 26.0 Å². The number of nitrogens with one attached hydrogen (secondary N) is 2. The van der Waals surface area contributed by atoms with E-state index in [0.29, 0.717) is 18.8 Å². The minimum atomic E-state index is -0.110. The number of methoxy groups -OCH3 is 1. The van der Waals surface area contributed by atoms with Crippen LogP contribution in [0.5, 0.6) is 5.75 Å². The van der Waals surface area contributed by atoms with Crippen LogP contribution >= 0.6 is 0 Å². The molecule has 8 nitrogen and oxygen atoms in total. The maximum atomic E-state index is 13.4. The van der Waals surface area contributed by atoms with Gasteiger partial charge in [-0.25, -0.2) is 0 Å². The molecule has 3 aromatic rings. The van der Waals surface area contributed by atoms with E-state index in [9.17, 15) is 4.79 Å². The van der Waals surface area contributed by atoms with Crippen LogP contribution in [0.4, 0.5) is 0 Å². The van der Waals surface area contributed by atoms with Gasteiger partial charge in [-0.2, -0.15) is 10.2 Å². The fraction of sp³-hybridized carbons (Fsp3) is 0.381. The number of hydrogen-bond donors (Lipinski definition) is 2. The predicted molar refractivity (Wildman–Crippen MR) is 110 cm³/mol. The minimum absolute atomic E-state index is 0.0691. The Morgan fingerprint density at radius 1 is 1.28 bits per heavy atom. The van der Waals surface area contributed by atoms with Gasteiger partial charge in [0, 0.05) is 43.5 Å². The van der Waals surface area contributed by atoms with E-state index in [1.165, 1.54) is 0 Å². The van der Waals surface area contributed by atoms with Crippen LogP contribution in [0.2, 0.25) is 0 Å². The number of aryl methyl sites for hydroxylation is 2. The maximum absolute atomic E-state index is 13.4. The Balaban J connectivity index is 1.65. The van der Waals surface area contributed by atoms with Crippen molar-refractivity contribution in [2.45, 2.75) is 19.9 Å². The summed E-state index contributed by atoms with van der Waals surface area (Å²) in [6.45, 7) is 5.99. The van der Waals surface area contributed by atoms with Crippen LogP contribution in [0, 0.1) is 13.8 Å². The third-order valence-electron chi connectivity index (χ3n) is 5.58. The molecule has 1 aromatic carbocycles. The Labute approximate surface area is 169 Å². The highest BCUT2D eigenvalue weighted by Gasteiger charge is 2.31. The van der Waals surface area contributed by atoms with Gasteiger partial charge < -0.3 is 15.0 Å². The van der Waals surface area contributed by atoms with E-state index in [2.05, 4.69) is 20.6 Å². The highest BCUT2D eigenvalue weighted by Crippen LogP contribution is 2.32. The molecule has 4 rings (SSSR count). The summed E-state index contributed by atoms with van der Waals surface area (Å²) in [5.74, 6) is 0.714. The smallest absolute Gasteiger partial charge is 0.272 e. The monoisotopic (exact) mass is 394 g/mol. The zero-order valence-electron chi connectivity index (χ0n) is 17.2. The van der Waals surface area contributed by atoms with Crippen LogP contribution in [0.1, 0.15) is 33.5 Å². The Morgan fingerprint density at radius 3 is 2.79 bits per heavy atom. The van der Waals surface area contributed by atoms with Crippen molar-refractivity contribution in [1.82, 2.24) is 30.2 Å². The van der Waals surface area contributed by atoms with Gasteiger partial charge in [-0.1, -0.05) is 18.2 Å². The first-order valence-electron chi connectivity index (χ1n) is 9.71. The van der Waals surface area contributed by atoms with Crippen LogP contribution in [0.3, 0.4) is 0 Å². The van der Waals surface area contributed by atoms with E-state index >= 15 is 0 Å². The van der Waals surface area contributed by atoms with Gasteiger partial charge in [0.1, 0.15) is 11.4 Å². The molecule has 1 unspecified atom stereocenters. The summed E-state index contributed by atoms with van der Waals surface area (Å²) in [6.07, 6.45) is 0. The number of aromatic nitrogens is 4. The number of para-hydroxylation sites is 1. The summed E-state index contributed by atoms with van der Waals surface area (Å²) in [6, 6.07) is 9.55. The topological polar surface area (TPSA) is 88.1 Å². The number of ether oxygens (including phenoxy) is 1. The van der Waals surface area contributed by atoms with Crippen molar-refractivity contribution >= 4 is 5.91 Å². The molecule has 1 aliphatic heterocycles. The van der Waals surface area contributed by atoms with Crippen molar-refractivity contribution in [3.63, 3.8) is 0 Å².